The van der Waals surface area contributed by atoms with E-state index in [4.69, 9.17) is 11.6 Å². The second-order valence-corrected chi connectivity index (χ2v) is 4.32. The third-order valence-electron chi connectivity index (χ3n) is 1.61. The molecule has 0 N–H and O–H groups in total. The van der Waals surface area contributed by atoms with Crippen LogP contribution in [0.15, 0.2) is 6.07 Å². The zero-order valence-corrected chi connectivity index (χ0v) is 8.74. The fraction of sp³-hybridized carbons (Fsp3) is 0.625. The van der Waals surface area contributed by atoms with Crippen LogP contribution in [0, 0.1) is 0 Å². The Labute approximate surface area is 84.7 Å². The summed E-state index contributed by atoms with van der Waals surface area (Å²) >= 11 is 5.45. The largest absolute Gasteiger partial charge is 0.433 e. The van der Waals surface area contributed by atoms with Gasteiger partial charge in [0.2, 0.25) is 0 Å². The molecule has 1 aromatic rings. The van der Waals surface area contributed by atoms with Gasteiger partial charge >= 0.3 is 6.18 Å². The highest BCUT2D eigenvalue weighted by molar-refractivity contribution is 6.29. The second-order valence-electron chi connectivity index (χ2n) is 3.93. The van der Waals surface area contributed by atoms with Crippen molar-refractivity contribution in [3.05, 3.63) is 16.9 Å². The smallest absolute Gasteiger partial charge is 0.254 e. The van der Waals surface area contributed by atoms with Gasteiger partial charge in [0.15, 0.2) is 5.15 Å². The first-order valence-electron chi connectivity index (χ1n) is 3.95. The summed E-state index contributed by atoms with van der Waals surface area (Å²) in [6.45, 7) is 4.89. The molecule has 0 saturated carbocycles. The Kier molecular flexibility index (Phi) is 2.56. The average molecular weight is 227 g/mol. The molecular formula is C8H10ClF3N2. The summed E-state index contributed by atoms with van der Waals surface area (Å²) in [5.74, 6) is 0. The van der Waals surface area contributed by atoms with Crippen LogP contribution in [0.2, 0.25) is 5.15 Å². The predicted octanol–water partition coefficient (Wildman–Crippen LogP) is 3.31. The first kappa shape index (κ1) is 11.4. The van der Waals surface area contributed by atoms with E-state index in [2.05, 4.69) is 5.10 Å². The molecule has 0 fully saturated rings. The molecule has 0 amide bonds. The third kappa shape index (κ3) is 2.20. The van der Waals surface area contributed by atoms with Crippen molar-refractivity contribution < 1.29 is 13.2 Å². The molecule has 0 aliphatic heterocycles. The maximum absolute atomic E-state index is 12.5. The van der Waals surface area contributed by atoms with Crippen LogP contribution in [-0.4, -0.2) is 9.78 Å². The molecule has 0 aliphatic carbocycles. The fourth-order valence-electron chi connectivity index (χ4n) is 1.07. The second kappa shape index (κ2) is 3.15. The number of nitrogens with zero attached hydrogens (tertiary/aromatic N) is 2. The molecule has 6 heteroatoms. The number of aromatic nitrogens is 2. The van der Waals surface area contributed by atoms with E-state index < -0.39 is 17.4 Å². The fourth-order valence-corrected chi connectivity index (χ4v) is 1.24. The van der Waals surface area contributed by atoms with E-state index in [0.29, 0.717) is 0 Å². The lowest BCUT2D eigenvalue weighted by Crippen LogP contribution is -2.28. The first-order chi connectivity index (χ1) is 6.12. The lowest BCUT2D eigenvalue weighted by molar-refractivity contribution is -0.146. The van der Waals surface area contributed by atoms with Crippen molar-refractivity contribution in [1.82, 2.24) is 9.78 Å². The Morgan fingerprint density at radius 3 is 2.07 bits per heavy atom. The van der Waals surface area contributed by atoms with Crippen LogP contribution in [0.4, 0.5) is 13.2 Å². The molecular weight excluding hydrogens is 217 g/mol. The quantitative estimate of drug-likeness (QED) is 0.664. The number of hydrogen-bond donors (Lipinski definition) is 0. The summed E-state index contributed by atoms with van der Waals surface area (Å²) < 4.78 is 38.3. The van der Waals surface area contributed by atoms with Crippen LogP contribution in [0.1, 0.15) is 26.5 Å². The molecule has 14 heavy (non-hydrogen) atoms. The monoisotopic (exact) mass is 226 g/mol. The molecule has 0 atom stereocenters. The molecule has 0 bridgehead atoms. The van der Waals surface area contributed by atoms with E-state index in [1.54, 1.807) is 20.8 Å². The van der Waals surface area contributed by atoms with Crippen molar-refractivity contribution in [3.63, 3.8) is 0 Å². The van der Waals surface area contributed by atoms with Gasteiger partial charge in [0.1, 0.15) is 5.69 Å². The maximum Gasteiger partial charge on any atom is 0.433 e. The van der Waals surface area contributed by atoms with E-state index in [1.165, 1.54) is 0 Å². The number of rotatable bonds is 0. The van der Waals surface area contributed by atoms with Crippen LogP contribution >= 0.6 is 11.6 Å². The molecule has 0 radical (unpaired) electrons. The van der Waals surface area contributed by atoms with E-state index in [-0.39, 0.29) is 5.15 Å². The van der Waals surface area contributed by atoms with Gasteiger partial charge in [-0.05, 0) is 20.8 Å². The first-order valence-corrected chi connectivity index (χ1v) is 4.33. The van der Waals surface area contributed by atoms with Crippen LogP contribution < -0.4 is 0 Å². The molecule has 0 aliphatic rings. The SMILES string of the molecule is CC(C)(C)n1nc(Cl)cc1C(F)(F)F. The normalized spacial score (nSPS) is 13.4. The Hall–Kier alpha value is -0.710. The lowest BCUT2D eigenvalue weighted by atomic mass is 10.1. The summed E-state index contributed by atoms with van der Waals surface area (Å²) in [7, 11) is 0. The zero-order chi connectivity index (χ0) is 11.1. The van der Waals surface area contributed by atoms with Crippen LogP contribution in [0.5, 0.6) is 0 Å². The minimum absolute atomic E-state index is 0.146. The Morgan fingerprint density at radius 2 is 1.79 bits per heavy atom. The van der Waals surface area contributed by atoms with Gasteiger partial charge in [0.05, 0.1) is 5.54 Å². The molecule has 1 rings (SSSR count). The van der Waals surface area contributed by atoms with Gasteiger partial charge < -0.3 is 0 Å². The van der Waals surface area contributed by atoms with Crippen molar-refractivity contribution >= 4 is 11.6 Å². The Morgan fingerprint density at radius 1 is 1.29 bits per heavy atom. The van der Waals surface area contributed by atoms with Gasteiger partial charge in [-0.1, -0.05) is 11.6 Å². The minimum atomic E-state index is -4.42. The average Bonchev–Trinajstić information content (AvgIpc) is 2.27. The summed E-state index contributed by atoms with van der Waals surface area (Å²) in [6, 6.07) is 0.826. The van der Waals surface area contributed by atoms with E-state index in [1.807, 2.05) is 0 Å². The molecule has 1 heterocycles. The van der Waals surface area contributed by atoms with Crippen molar-refractivity contribution in [2.24, 2.45) is 0 Å². The van der Waals surface area contributed by atoms with Gasteiger partial charge in [0, 0.05) is 6.07 Å². The third-order valence-corrected chi connectivity index (χ3v) is 1.79. The molecule has 0 aromatic carbocycles. The van der Waals surface area contributed by atoms with Gasteiger partial charge in [-0.15, -0.1) is 0 Å². The van der Waals surface area contributed by atoms with Gasteiger partial charge in [0.25, 0.3) is 0 Å². The van der Waals surface area contributed by atoms with Crippen molar-refractivity contribution in [2.45, 2.75) is 32.5 Å². The van der Waals surface area contributed by atoms with Crippen LogP contribution in [0.3, 0.4) is 0 Å². The summed E-state index contributed by atoms with van der Waals surface area (Å²) in [6.07, 6.45) is -4.42. The van der Waals surface area contributed by atoms with Gasteiger partial charge in [-0.2, -0.15) is 18.3 Å². The highest BCUT2D eigenvalue weighted by Crippen LogP contribution is 2.33. The predicted molar refractivity (Wildman–Crippen MR) is 47.2 cm³/mol. The molecule has 0 unspecified atom stereocenters. The van der Waals surface area contributed by atoms with Crippen LogP contribution in [-0.2, 0) is 11.7 Å². The maximum atomic E-state index is 12.5. The summed E-state index contributed by atoms with van der Waals surface area (Å²) in [5, 5.41) is 3.46. The number of hydrogen-bond acceptors (Lipinski definition) is 1. The van der Waals surface area contributed by atoms with E-state index in [0.717, 1.165) is 10.7 Å². The van der Waals surface area contributed by atoms with E-state index in [9.17, 15) is 13.2 Å². The topological polar surface area (TPSA) is 17.8 Å². The standard InChI is InChI=1S/C8H10ClF3N2/c1-7(2,3)14-5(8(10,11)12)4-6(9)13-14/h4H,1-3H3. The van der Waals surface area contributed by atoms with Gasteiger partial charge in [-0.3, -0.25) is 4.68 Å². The minimum Gasteiger partial charge on any atom is -0.254 e. The number of halogens is 4. The Balaban J connectivity index is 3.31. The molecule has 0 saturated heterocycles. The summed E-state index contributed by atoms with van der Waals surface area (Å²) in [4.78, 5) is 0. The van der Waals surface area contributed by atoms with Crippen LogP contribution in [0.25, 0.3) is 0 Å². The van der Waals surface area contributed by atoms with E-state index >= 15 is 0 Å². The molecule has 1 aromatic heterocycles. The highest BCUT2D eigenvalue weighted by Gasteiger charge is 2.38. The number of alkyl halides is 3. The molecule has 2 nitrogen and oxygen atoms in total. The zero-order valence-electron chi connectivity index (χ0n) is 7.98. The van der Waals surface area contributed by atoms with Crippen molar-refractivity contribution in [2.75, 3.05) is 0 Å². The van der Waals surface area contributed by atoms with Crippen molar-refractivity contribution in [3.8, 4) is 0 Å². The molecule has 80 valence electrons. The van der Waals surface area contributed by atoms with Crippen molar-refractivity contribution in [1.29, 1.82) is 0 Å². The Bertz CT molecular complexity index is 304. The highest BCUT2D eigenvalue weighted by atomic mass is 35.5. The lowest BCUT2D eigenvalue weighted by Gasteiger charge is -2.22. The summed E-state index contributed by atoms with van der Waals surface area (Å²) in [5.41, 5.74) is -1.56. The van der Waals surface area contributed by atoms with Gasteiger partial charge in [-0.25, -0.2) is 0 Å². The molecule has 0 spiro atoms.